The Morgan fingerprint density at radius 1 is 1.62 bits per heavy atom. The number of hydrogen-bond donors (Lipinski definition) is 2. The van der Waals surface area contributed by atoms with Crippen LogP contribution in [0.4, 0.5) is 11.6 Å². The van der Waals surface area contributed by atoms with E-state index >= 15 is 0 Å². The molecule has 2 atom stereocenters. The van der Waals surface area contributed by atoms with Gasteiger partial charge in [-0.15, -0.1) is 0 Å². The van der Waals surface area contributed by atoms with Crippen LogP contribution < -0.4 is 11.1 Å². The highest BCUT2D eigenvalue weighted by Gasteiger charge is 2.09. The maximum atomic E-state index is 10.9. The molecule has 1 heterocycles. The smallest absolute Gasteiger partial charge is 0.150 e. The van der Waals surface area contributed by atoms with E-state index in [0.717, 1.165) is 6.42 Å². The van der Waals surface area contributed by atoms with Gasteiger partial charge in [0.1, 0.15) is 17.2 Å². The van der Waals surface area contributed by atoms with Gasteiger partial charge < -0.3 is 11.1 Å². The average molecular weight is 263 g/mol. The van der Waals surface area contributed by atoms with E-state index in [1.807, 2.05) is 6.92 Å². The van der Waals surface area contributed by atoms with E-state index in [-0.39, 0.29) is 11.9 Å². The van der Waals surface area contributed by atoms with Crippen LogP contribution in [0.2, 0.25) is 5.02 Å². The second-order valence-corrected chi connectivity index (χ2v) is 5.47. The van der Waals surface area contributed by atoms with Crippen LogP contribution in [-0.4, -0.2) is 32.2 Å². The van der Waals surface area contributed by atoms with Gasteiger partial charge in [0, 0.05) is 28.9 Å². The molecule has 7 heteroatoms. The Labute approximate surface area is 102 Å². The maximum absolute atomic E-state index is 10.9. The van der Waals surface area contributed by atoms with Gasteiger partial charge in [-0.1, -0.05) is 11.6 Å². The summed E-state index contributed by atoms with van der Waals surface area (Å²) in [6.07, 6.45) is 3.82. The molecule has 0 radical (unpaired) electrons. The molecule has 1 aromatic heterocycles. The minimum Gasteiger partial charge on any atom is -0.382 e. The van der Waals surface area contributed by atoms with Crippen LogP contribution in [0.25, 0.3) is 0 Å². The van der Waals surface area contributed by atoms with Crippen molar-refractivity contribution >= 4 is 34.0 Å². The fourth-order valence-electron chi connectivity index (χ4n) is 1.13. The molecule has 5 nitrogen and oxygen atoms in total. The number of nitrogens with two attached hydrogens (primary N) is 1. The minimum atomic E-state index is -0.784. The zero-order valence-electron chi connectivity index (χ0n) is 9.24. The molecule has 0 aromatic carbocycles. The summed E-state index contributed by atoms with van der Waals surface area (Å²) in [5.74, 6) is 1.42. The highest BCUT2D eigenvalue weighted by atomic mass is 35.5. The third kappa shape index (κ3) is 3.94. The van der Waals surface area contributed by atoms with Gasteiger partial charge in [-0.05, 0) is 13.3 Å². The largest absolute Gasteiger partial charge is 0.382 e. The minimum absolute atomic E-state index is 0.135. The normalized spacial score (nSPS) is 14.4. The third-order valence-electron chi connectivity index (χ3n) is 2.04. The van der Waals surface area contributed by atoms with Crippen LogP contribution >= 0.6 is 11.6 Å². The summed E-state index contributed by atoms with van der Waals surface area (Å²) < 4.78 is 10.9. The standard InChI is InChI=1S/C9H15ClN4OS/c1-6(3-4-16(2)15)14-9-7(10)8(11)12-5-13-9/h5-6H,3-4H2,1-2H3,(H3,11,12,13,14). The molecule has 0 fully saturated rings. The third-order valence-corrected chi connectivity index (χ3v) is 3.22. The average Bonchev–Trinajstić information content (AvgIpc) is 2.22. The monoisotopic (exact) mass is 262 g/mol. The van der Waals surface area contributed by atoms with Gasteiger partial charge in [0.2, 0.25) is 0 Å². The fraction of sp³-hybridized carbons (Fsp3) is 0.556. The Balaban J connectivity index is 2.59. The van der Waals surface area contributed by atoms with Crippen molar-refractivity contribution in [2.45, 2.75) is 19.4 Å². The first-order chi connectivity index (χ1) is 7.50. The molecule has 3 N–H and O–H groups in total. The van der Waals surface area contributed by atoms with E-state index in [1.165, 1.54) is 6.33 Å². The molecule has 0 spiro atoms. The van der Waals surface area contributed by atoms with Crippen molar-refractivity contribution in [1.82, 2.24) is 9.97 Å². The number of hydrogen-bond acceptors (Lipinski definition) is 5. The summed E-state index contributed by atoms with van der Waals surface area (Å²) in [7, 11) is -0.784. The Bertz CT molecular complexity index is 388. The molecule has 0 amide bonds. The number of anilines is 2. The van der Waals surface area contributed by atoms with Crippen LogP contribution in [0, 0.1) is 0 Å². The first-order valence-corrected chi connectivity index (χ1v) is 6.93. The summed E-state index contributed by atoms with van der Waals surface area (Å²) >= 11 is 5.93. The van der Waals surface area contributed by atoms with Gasteiger partial charge in [0.25, 0.3) is 0 Å². The molecule has 90 valence electrons. The Morgan fingerprint density at radius 2 is 2.31 bits per heavy atom. The lowest BCUT2D eigenvalue weighted by Crippen LogP contribution is -2.19. The Hall–Kier alpha value is -0.880. The van der Waals surface area contributed by atoms with Crippen molar-refractivity contribution < 1.29 is 4.21 Å². The van der Waals surface area contributed by atoms with Crippen molar-refractivity contribution in [2.75, 3.05) is 23.1 Å². The van der Waals surface area contributed by atoms with Gasteiger partial charge in [-0.25, -0.2) is 9.97 Å². The number of aromatic nitrogens is 2. The van der Waals surface area contributed by atoms with Gasteiger partial charge in [-0.3, -0.25) is 4.21 Å². The molecule has 1 aromatic rings. The van der Waals surface area contributed by atoms with Crippen LogP contribution in [0.3, 0.4) is 0 Å². The molecule has 16 heavy (non-hydrogen) atoms. The highest BCUT2D eigenvalue weighted by molar-refractivity contribution is 7.84. The topological polar surface area (TPSA) is 80.9 Å². The maximum Gasteiger partial charge on any atom is 0.150 e. The van der Waals surface area contributed by atoms with Crippen molar-refractivity contribution in [3.05, 3.63) is 11.3 Å². The molecular formula is C9H15ClN4OS. The van der Waals surface area contributed by atoms with Crippen molar-refractivity contribution in [3.63, 3.8) is 0 Å². The molecule has 0 aliphatic heterocycles. The quantitative estimate of drug-likeness (QED) is 0.836. The van der Waals surface area contributed by atoms with Gasteiger partial charge in [0.15, 0.2) is 5.82 Å². The van der Waals surface area contributed by atoms with Crippen molar-refractivity contribution in [1.29, 1.82) is 0 Å². The molecule has 0 saturated heterocycles. The van der Waals surface area contributed by atoms with Crippen LogP contribution in [0.15, 0.2) is 6.33 Å². The predicted octanol–water partition coefficient (Wildman–Crippen LogP) is 1.28. The number of nitrogens with one attached hydrogen (secondary N) is 1. The van der Waals surface area contributed by atoms with E-state index < -0.39 is 10.8 Å². The van der Waals surface area contributed by atoms with Gasteiger partial charge in [0.05, 0.1) is 0 Å². The molecule has 0 bridgehead atoms. The lowest BCUT2D eigenvalue weighted by molar-refractivity contribution is 0.678. The van der Waals surface area contributed by atoms with E-state index in [4.69, 9.17) is 17.3 Å². The summed E-state index contributed by atoms with van der Waals surface area (Å²) in [6.45, 7) is 1.97. The predicted molar refractivity (Wildman–Crippen MR) is 68.1 cm³/mol. The van der Waals surface area contributed by atoms with E-state index in [1.54, 1.807) is 6.26 Å². The molecule has 0 saturated carbocycles. The van der Waals surface area contributed by atoms with E-state index in [0.29, 0.717) is 16.6 Å². The van der Waals surface area contributed by atoms with Gasteiger partial charge in [-0.2, -0.15) is 0 Å². The van der Waals surface area contributed by atoms with Crippen molar-refractivity contribution in [3.8, 4) is 0 Å². The molecule has 0 aliphatic carbocycles. The first-order valence-electron chi connectivity index (χ1n) is 4.83. The molecule has 2 unspecified atom stereocenters. The Kier molecular flexibility index (Phi) is 4.95. The van der Waals surface area contributed by atoms with E-state index in [2.05, 4.69) is 15.3 Å². The second kappa shape index (κ2) is 6.00. The molecular weight excluding hydrogens is 248 g/mol. The van der Waals surface area contributed by atoms with Gasteiger partial charge >= 0.3 is 0 Å². The van der Waals surface area contributed by atoms with E-state index in [9.17, 15) is 4.21 Å². The zero-order valence-corrected chi connectivity index (χ0v) is 10.8. The number of halogens is 1. The SMILES string of the molecule is CC(CCS(C)=O)Nc1ncnc(N)c1Cl. The zero-order chi connectivity index (χ0) is 12.1. The second-order valence-electron chi connectivity index (χ2n) is 3.53. The Morgan fingerprint density at radius 3 is 2.94 bits per heavy atom. The number of rotatable bonds is 5. The lowest BCUT2D eigenvalue weighted by atomic mass is 10.2. The summed E-state index contributed by atoms with van der Waals surface area (Å²) in [5.41, 5.74) is 5.55. The molecule has 1 rings (SSSR count). The lowest BCUT2D eigenvalue weighted by Gasteiger charge is -2.14. The van der Waals surface area contributed by atoms with Crippen LogP contribution in [0.5, 0.6) is 0 Å². The summed E-state index contributed by atoms with van der Waals surface area (Å²) in [4.78, 5) is 7.76. The molecule has 0 aliphatic rings. The number of nitrogen functional groups attached to an aromatic ring is 1. The summed E-state index contributed by atoms with van der Waals surface area (Å²) in [5, 5.41) is 3.43. The summed E-state index contributed by atoms with van der Waals surface area (Å²) in [6, 6.07) is 0.135. The van der Waals surface area contributed by atoms with Crippen LogP contribution in [0.1, 0.15) is 13.3 Å². The highest BCUT2D eigenvalue weighted by Crippen LogP contribution is 2.23. The number of nitrogens with zero attached hydrogens (tertiary/aromatic N) is 2. The van der Waals surface area contributed by atoms with Crippen molar-refractivity contribution in [2.24, 2.45) is 0 Å². The van der Waals surface area contributed by atoms with Crippen LogP contribution in [-0.2, 0) is 10.8 Å². The first kappa shape index (κ1) is 13.2. The fourth-order valence-corrected chi connectivity index (χ4v) is 1.97.